The molecule has 0 amide bonds. The lowest BCUT2D eigenvalue weighted by Gasteiger charge is -2.20. The molecule has 0 fully saturated rings. The molecule has 0 aromatic carbocycles. The zero-order chi connectivity index (χ0) is 11.8. The normalized spacial score (nSPS) is 19.1. The summed E-state index contributed by atoms with van der Waals surface area (Å²) in [6, 6.07) is 0.237. The van der Waals surface area contributed by atoms with Gasteiger partial charge in [-0.3, -0.25) is 4.57 Å². The summed E-state index contributed by atoms with van der Waals surface area (Å²) < 4.78 is 14.6. The maximum Gasteiger partial charge on any atom is 0.235 e. The number of hydrogen-bond acceptors (Lipinski definition) is 4. The Bertz CT molecular complexity index is 533. The Morgan fingerprint density at radius 1 is 1.35 bits per heavy atom. The van der Waals surface area contributed by atoms with Gasteiger partial charge in [0.15, 0.2) is 5.82 Å². The fraction of sp³-hybridized carbons (Fsp3) is 0.364. The third-order valence-corrected chi connectivity index (χ3v) is 2.94. The molecule has 1 aliphatic heterocycles. The van der Waals surface area contributed by atoms with Gasteiger partial charge in [-0.25, -0.2) is 19.3 Å². The van der Waals surface area contributed by atoms with Crippen LogP contribution in [-0.4, -0.2) is 26.1 Å². The molecule has 1 aliphatic rings. The molecule has 1 unspecified atom stereocenters. The number of nitrogens with zero attached hydrogens (tertiary/aromatic N) is 4. The van der Waals surface area contributed by atoms with Crippen LogP contribution in [0.2, 0.25) is 0 Å². The van der Waals surface area contributed by atoms with Crippen molar-refractivity contribution >= 4 is 0 Å². The first-order chi connectivity index (χ1) is 8.25. The smallest absolute Gasteiger partial charge is 0.235 e. The maximum absolute atomic E-state index is 12.8. The molecule has 88 valence electrons. The predicted molar refractivity (Wildman–Crippen MR) is 59.2 cm³/mol. The number of rotatable bonds is 1. The first kappa shape index (κ1) is 10.3. The molecule has 5 nitrogen and oxygen atoms in total. The van der Waals surface area contributed by atoms with Gasteiger partial charge in [0.1, 0.15) is 6.33 Å². The minimum absolute atomic E-state index is 0.237. The topological polar surface area (TPSA) is 55.6 Å². The highest BCUT2D eigenvalue weighted by atomic mass is 19.1. The van der Waals surface area contributed by atoms with Crippen molar-refractivity contribution in [3.05, 3.63) is 35.9 Å². The molecule has 0 saturated carbocycles. The van der Waals surface area contributed by atoms with Gasteiger partial charge in [-0.15, -0.1) is 0 Å². The quantitative estimate of drug-likeness (QED) is 0.798. The van der Waals surface area contributed by atoms with Crippen molar-refractivity contribution in [3.8, 4) is 5.95 Å². The summed E-state index contributed by atoms with van der Waals surface area (Å²) >= 11 is 0. The third kappa shape index (κ3) is 1.70. The Labute approximate surface area is 97.7 Å². The molecule has 2 aromatic heterocycles. The van der Waals surface area contributed by atoms with E-state index < -0.39 is 5.82 Å². The number of nitrogens with one attached hydrogen (secondary N) is 1. The summed E-state index contributed by atoms with van der Waals surface area (Å²) in [7, 11) is 0. The van der Waals surface area contributed by atoms with E-state index in [1.165, 1.54) is 12.4 Å². The second-order valence-electron chi connectivity index (χ2n) is 4.07. The monoisotopic (exact) mass is 233 g/mol. The first-order valence-electron chi connectivity index (χ1n) is 5.53. The number of fused-ring (bicyclic) bond motifs is 1. The Morgan fingerprint density at radius 2 is 2.12 bits per heavy atom. The Kier molecular flexibility index (Phi) is 2.36. The van der Waals surface area contributed by atoms with Gasteiger partial charge in [-0.05, 0) is 6.92 Å². The van der Waals surface area contributed by atoms with E-state index in [0.717, 1.165) is 24.4 Å². The van der Waals surface area contributed by atoms with Gasteiger partial charge in [0.2, 0.25) is 5.95 Å². The van der Waals surface area contributed by atoms with Crippen molar-refractivity contribution in [2.75, 3.05) is 6.54 Å². The van der Waals surface area contributed by atoms with Gasteiger partial charge in [-0.2, -0.15) is 0 Å². The summed E-state index contributed by atoms with van der Waals surface area (Å²) in [6.07, 6.45) is 4.90. The van der Waals surface area contributed by atoms with Crippen molar-refractivity contribution in [2.24, 2.45) is 0 Å². The number of aromatic nitrogens is 4. The van der Waals surface area contributed by atoms with Crippen LogP contribution in [0.3, 0.4) is 0 Å². The molecule has 17 heavy (non-hydrogen) atoms. The van der Waals surface area contributed by atoms with E-state index in [0.29, 0.717) is 5.95 Å². The first-order valence-corrected chi connectivity index (χ1v) is 5.53. The molecule has 6 heteroatoms. The van der Waals surface area contributed by atoms with Crippen molar-refractivity contribution in [3.63, 3.8) is 0 Å². The van der Waals surface area contributed by atoms with E-state index >= 15 is 0 Å². The molecule has 3 heterocycles. The molecule has 0 radical (unpaired) electrons. The molecule has 0 bridgehead atoms. The summed E-state index contributed by atoms with van der Waals surface area (Å²) in [6.45, 7) is 2.97. The highest BCUT2D eigenvalue weighted by molar-refractivity contribution is 5.27. The molecule has 3 rings (SSSR count). The van der Waals surface area contributed by atoms with E-state index in [1.807, 2.05) is 4.57 Å². The molecule has 1 N–H and O–H groups in total. The van der Waals surface area contributed by atoms with Crippen LogP contribution in [0.15, 0.2) is 18.7 Å². The van der Waals surface area contributed by atoms with Crippen molar-refractivity contribution in [1.82, 2.24) is 24.8 Å². The van der Waals surface area contributed by atoms with Gasteiger partial charge in [0, 0.05) is 19.0 Å². The highest BCUT2D eigenvalue weighted by Crippen LogP contribution is 2.22. The number of hydrogen-bond donors (Lipinski definition) is 1. The van der Waals surface area contributed by atoms with Crippen LogP contribution in [-0.2, 0) is 6.42 Å². The van der Waals surface area contributed by atoms with Crippen LogP contribution in [0, 0.1) is 5.82 Å². The minimum Gasteiger partial charge on any atom is -0.308 e. The van der Waals surface area contributed by atoms with Crippen LogP contribution >= 0.6 is 0 Å². The number of halogens is 1. The standard InChI is InChI=1S/C11H12FN5/c1-7-10-9(2-3-13-7)17(6-16-10)11-14-4-8(12)5-15-11/h4-7,13H,2-3H2,1H3. The third-order valence-electron chi connectivity index (χ3n) is 2.94. The average Bonchev–Trinajstić information content (AvgIpc) is 2.75. The van der Waals surface area contributed by atoms with E-state index in [2.05, 4.69) is 27.2 Å². The largest absolute Gasteiger partial charge is 0.308 e. The molecule has 2 aromatic rings. The van der Waals surface area contributed by atoms with Gasteiger partial charge in [0.05, 0.1) is 23.8 Å². The molecular formula is C11H12FN5. The Balaban J connectivity index is 2.07. The second kappa shape index (κ2) is 3.89. The zero-order valence-electron chi connectivity index (χ0n) is 9.39. The second-order valence-corrected chi connectivity index (χ2v) is 4.07. The maximum atomic E-state index is 12.8. The highest BCUT2D eigenvalue weighted by Gasteiger charge is 2.22. The van der Waals surface area contributed by atoms with E-state index in [1.54, 1.807) is 6.33 Å². The lowest BCUT2D eigenvalue weighted by atomic mass is 10.1. The Morgan fingerprint density at radius 3 is 2.88 bits per heavy atom. The zero-order valence-corrected chi connectivity index (χ0v) is 9.39. The molecule has 0 spiro atoms. The van der Waals surface area contributed by atoms with Crippen LogP contribution in [0.25, 0.3) is 5.95 Å². The van der Waals surface area contributed by atoms with Crippen LogP contribution < -0.4 is 5.32 Å². The average molecular weight is 233 g/mol. The molecule has 0 saturated heterocycles. The SMILES string of the molecule is CC1NCCc2c1ncn2-c1ncc(F)cn1. The van der Waals surface area contributed by atoms with Crippen LogP contribution in [0.5, 0.6) is 0 Å². The Hall–Kier alpha value is -1.82. The predicted octanol–water partition coefficient (Wildman–Crippen LogP) is 1.01. The summed E-state index contributed by atoms with van der Waals surface area (Å²) in [5.74, 6) is 0.0343. The fourth-order valence-electron chi connectivity index (χ4n) is 2.10. The molecular weight excluding hydrogens is 221 g/mol. The fourth-order valence-corrected chi connectivity index (χ4v) is 2.10. The van der Waals surface area contributed by atoms with E-state index in [9.17, 15) is 4.39 Å². The number of imidazole rings is 1. The molecule has 0 aliphatic carbocycles. The lowest BCUT2D eigenvalue weighted by molar-refractivity contribution is 0.522. The van der Waals surface area contributed by atoms with E-state index in [-0.39, 0.29) is 6.04 Å². The van der Waals surface area contributed by atoms with Crippen molar-refractivity contribution in [1.29, 1.82) is 0 Å². The van der Waals surface area contributed by atoms with Gasteiger partial charge in [0.25, 0.3) is 0 Å². The summed E-state index contributed by atoms with van der Waals surface area (Å²) in [4.78, 5) is 12.3. The van der Waals surface area contributed by atoms with Crippen molar-refractivity contribution in [2.45, 2.75) is 19.4 Å². The summed E-state index contributed by atoms with van der Waals surface area (Å²) in [5, 5.41) is 3.34. The van der Waals surface area contributed by atoms with Gasteiger partial charge >= 0.3 is 0 Å². The van der Waals surface area contributed by atoms with Crippen LogP contribution in [0.4, 0.5) is 4.39 Å². The van der Waals surface area contributed by atoms with Gasteiger partial charge < -0.3 is 5.32 Å². The molecule has 1 atom stereocenters. The van der Waals surface area contributed by atoms with Crippen molar-refractivity contribution < 1.29 is 4.39 Å². The van der Waals surface area contributed by atoms with Crippen LogP contribution in [0.1, 0.15) is 24.4 Å². The van der Waals surface area contributed by atoms with Gasteiger partial charge in [-0.1, -0.05) is 0 Å². The summed E-state index contributed by atoms with van der Waals surface area (Å²) in [5.41, 5.74) is 2.12. The van der Waals surface area contributed by atoms with E-state index in [4.69, 9.17) is 0 Å². The lowest BCUT2D eigenvalue weighted by Crippen LogP contribution is -2.28. The minimum atomic E-state index is -0.433.